The molecule has 0 amide bonds. The maximum absolute atomic E-state index is 11.1. The molecule has 0 spiro atoms. The van der Waals surface area contributed by atoms with Crippen molar-refractivity contribution in [1.29, 1.82) is 0 Å². The number of aliphatic hydroxyl groups excluding tert-OH is 3. The van der Waals surface area contributed by atoms with Crippen LogP contribution in [0.3, 0.4) is 0 Å². The lowest BCUT2D eigenvalue weighted by molar-refractivity contribution is 0.174. The Morgan fingerprint density at radius 1 is 0.440 bits per heavy atom. The summed E-state index contributed by atoms with van der Waals surface area (Å²) in [6.45, 7) is 6.48. The van der Waals surface area contributed by atoms with Crippen molar-refractivity contribution in [3.05, 3.63) is 122 Å². The molecule has 6 N–H and O–H groups in total. The van der Waals surface area contributed by atoms with E-state index < -0.39 is 10.8 Å². The molecule has 0 aliphatic heterocycles. The maximum Gasteiger partial charge on any atom is 0.126 e. The van der Waals surface area contributed by atoms with Crippen LogP contribution in [0.2, 0.25) is 0 Å². The van der Waals surface area contributed by atoms with Crippen LogP contribution in [-0.4, -0.2) is 71.8 Å². The van der Waals surface area contributed by atoms with Gasteiger partial charge in [-0.25, -0.2) is 0 Å². The van der Waals surface area contributed by atoms with Crippen LogP contribution in [0.1, 0.15) is 82.0 Å². The van der Waals surface area contributed by atoms with Crippen molar-refractivity contribution in [2.45, 2.75) is 70.7 Å². The van der Waals surface area contributed by atoms with E-state index in [1.807, 2.05) is 36.4 Å². The number of methoxy groups -OCH3 is 3. The van der Waals surface area contributed by atoms with Crippen LogP contribution in [0.4, 0.5) is 0 Å². The zero-order valence-electron chi connectivity index (χ0n) is 30.0. The third kappa shape index (κ3) is 7.84. The Balaban J connectivity index is 1.97. The topological polar surface area (TPSA) is 149 Å². The van der Waals surface area contributed by atoms with Crippen LogP contribution in [0.15, 0.2) is 60.7 Å². The molecular weight excluding hydrogens is 636 g/mol. The number of ether oxygens (including phenoxy) is 3. The molecule has 50 heavy (non-hydrogen) atoms. The number of phenols is 3. The second-order valence-electron chi connectivity index (χ2n) is 13.5. The Morgan fingerprint density at radius 3 is 1.10 bits per heavy atom. The van der Waals surface area contributed by atoms with Crippen molar-refractivity contribution in [2.75, 3.05) is 41.2 Å². The van der Waals surface area contributed by atoms with Crippen molar-refractivity contribution in [3.8, 4) is 17.2 Å². The van der Waals surface area contributed by atoms with E-state index in [9.17, 15) is 30.6 Å². The molecule has 4 rings (SSSR count). The van der Waals surface area contributed by atoms with E-state index in [1.54, 1.807) is 21.3 Å². The van der Waals surface area contributed by atoms with Crippen LogP contribution in [-0.2, 0) is 64.1 Å². The molecule has 270 valence electrons. The molecule has 0 radical (unpaired) electrons. The molecule has 0 saturated carbocycles. The van der Waals surface area contributed by atoms with E-state index in [2.05, 4.69) is 45.0 Å². The molecule has 0 saturated heterocycles. The number of rotatable bonds is 17. The molecule has 0 fully saturated rings. The summed E-state index contributed by atoms with van der Waals surface area (Å²) >= 11 is 0. The summed E-state index contributed by atoms with van der Waals surface area (Å²) < 4.78 is 16.4. The van der Waals surface area contributed by atoms with Crippen LogP contribution in [0, 0.1) is 0 Å². The van der Waals surface area contributed by atoms with Gasteiger partial charge in [0.2, 0.25) is 0 Å². The van der Waals surface area contributed by atoms with Gasteiger partial charge < -0.3 is 44.8 Å². The standard InChI is InChI=1S/C41H52O9/c1-40(2,34-17-26(11-14-42)37(45)27(18-34)12-15-43)32-7-9-33(10-8-32)41(3,35-19-28(13-16-44)38(46)29(20-35)23-48-4)36-21-30(24-49-5)39(47)31(22-36)25-50-6/h7-10,17-22,42-47H,11-16,23-25H2,1-6H3. The number of aromatic hydroxyl groups is 3. The first-order valence-electron chi connectivity index (χ1n) is 16.9. The van der Waals surface area contributed by atoms with Gasteiger partial charge in [-0.3, -0.25) is 0 Å². The van der Waals surface area contributed by atoms with Crippen molar-refractivity contribution in [3.63, 3.8) is 0 Å². The van der Waals surface area contributed by atoms with E-state index in [4.69, 9.17) is 14.2 Å². The van der Waals surface area contributed by atoms with Gasteiger partial charge >= 0.3 is 0 Å². The Labute approximate surface area is 295 Å². The quantitative estimate of drug-likeness (QED) is 0.0788. The first kappa shape index (κ1) is 38.8. The highest BCUT2D eigenvalue weighted by molar-refractivity contribution is 5.58. The normalized spacial score (nSPS) is 13.1. The number of aliphatic hydroxyl groups is 3. The summed E-state index contributed by atoms with van der Waals surface area (Å²) in [7, 11) is 4.72. The van der Waals surface area contributed by atoms with Gasteiger partial charge in [0, 0.05) is 68.7 Å². The Morgan fingerprint density at radius 2 is 0.740 bits per heavy atom. The van der Waals surface area contributed by atoms with E-state index in [1.165, 1.54) is 0 Å². The first-order chi connectivity index (χ1) is 23.9. The summed E-state index contributed by atoms with van der Waals surface area (Å²) in [6, 6.07) is 19.9. The lowest BCUT2D eigenvalue weighted by Gasteiger charge is -2.35. The van der Waals surface area contributed by atoms with Gasteiger partial charge in [-0.05, 0) is 88.9 Å². The van der Waals surface area contributed by atoms with E-state index in [-0.39, 0.29) is 63.3 Å². The summed E-state index contributed by atoms with van der Waals surface area (Å²) in [5.74, 6) is 0.305. The molecule has 4 aromatic rings. The summed E-state index contributed by atoms with van der Waals surface area (Å²) in [5, 5.41) is 62.3. The van der Waals surface area contributed by atoms with Crippen molar-refractivity contribution in [1.82, 2.24) is 0 Å². The smallest absolute Gasteiger partial charge is 0.126 e. The monoisotopic (exact) mass is 688 g/mol. The molecule has 9 heteroatoms. The fourth-order valence-corrected chi connectivity index (χ4v) is 6.83. The van der Waals surface area contributed by atoms with Crippen LogP contribution < -0.4 is 0 Å². The highest BCUT2D eigenvalue weighted by Crippen LogP contribution is 2.45. The second-order valence-corrected chi connectivity index (χ2v) is 13.5. The van der Waals surface area contributed by atoms with Crippen LogP contribution in [0.25, 0.3) is 0 Å². The van der Waals surface area contributed by atoms with Crippen LogP contribution >= 0.6 is 0 Å². The molecule has 4 aromatic carbocycles. The van der Waals surface area contributed by atoms with Crippen molar-refractivity contribution >= 4 is 0 Å². The molecule has 0 heterocycles. The molecule has 1 unspecified atom stereocenters. The van der Waals surface area contributed by atoms with E-state index in [0.717, 1.165) is 27.8 Å². The van der Waals surface area contributed by atoms with Crippen molar-refractivity contribution < 1.29 is 44.8 Å². The van der Waals surface area contributed by atoms with E-state index in [0.29, 0.717) is 46.2 Å². The third-order valence-electron chi connectivity index (χ3n) is 9.91. The third-order valence-corrected chi connectivity index (χ3v) is 9.91. The molecule has 0 bridgehead atoms. The minimum Gasteiger partial charge on any atom is -0.507 e. The predicted octanol–water partition coefficient (Wildman–Crippen LogP) is 5.53. The van der Waals surface area contributed by atoms with Gasteiger partial charge in [-0.2, -0.15) is 0 Å². The Bertz CT molecular complexity index is 1600. The minimum absolute atomic E-state index is 0.0879. The molecule has 9 nitrogen and oxygen atoms in total. The summed E-state index contributed by atoms with van der Waals surface area (Å²) in [5.41, 5.74) is 6.95. The van der Waals surface area contributed by atoms with Gasteiger partial charge in [0.1, 0.15) is 17.2 Å². The highest BCUT2D eigenvalue weighted by Gasteiger charge is 2.35. The van der Waals surface area contributed by atoms with Crippen LogP contribution in [0.5, 0.6) is 17.2 Å². The highest BCUT2D eigenvalue weighted by atomic mass is 16.5. The second kappa shape index (κ2) is 16.8. The average Bonchev–Trinajstić information content (AvgIpc) is 3.10. The fraction of sp³-hybridized carbons (Fsp3) is 0.415. The molecule has 0 aliphatic carbocycles. The molecular formula is C41H52O9. The number of hydrogen-bond donors (Lipinski definition) is 6. The first-order valence-corrected chi connectivity index (χ1v) is 16.9. The van der Waals surface area contributed by atoms with Crippen molar-refractivity contribution in [2.24, 2.45) is 0 Å². The molecule has 0 aliphatic rings. The molecule has 1 atom stereocenters. The van der Waals surface area contributed by atoms with Gasteiger partial charge in [0.25, 0.3) is 0 Å². The van der Waals surface area contributed by atoms with Gasteiger partial charge in [-0.15, -0.1) is 0 Å². The Kier molecular flexibility index (Phi) is 13.1. The largest absolute Gasteiger partial charge is 0.507 e. The van der Waals surface area contributed by atoms with Gasteiger partial charge in [0.05, 0.1) is 19.8 Å². The lowest BCUT2D eigenvalue weighted by Crippen LogP contribution is -2.27. The zero-order chi connectivity index (χ0) is 36.6. The van der Waals surface area contributed by atoms with E-state index >= 15 is 0 Å². The van der Waals surface area contributed by atoms with Gasteiger partial charge in [-0.1, -0.05) is 56.3 Å². The van der Waals surface area contributed by atoms with Gasteiger partial charge in [0.15, 0.2) is 0 Å². The zero-order valence-corrected chi connectivity index (χ0v) is 30.0. The predicted molar refractivity (Wildman–Crippen MR) is 193 cm³/mol. The average molecular weight is 689 g/mol. The number of phenolic OH excluding ortho intramolecular Hbond substituents is 3. The summed E-state index contributed by atoms with van der Waals surface area (Å²) in [6.07, 6.45) is 0.844. The lowest BCUT2D eigenvalue weighted by atomic mass is 9.68. The minimum atomic E-state index is -0.830. The number of benzene rings is 4. The SMILES string of the molecule is COCc1cc(C(C)(c2ccc(C(C)(C)c3cc(CCO)c(O)c(CCO)c3)cc2)c2cc(COC)c(O)c(COC)c2)cc(CCO)c1O. The Hall–Kier alpha value is -3.96. The number of hydrogen-bond acceptors (Lipinski definition) is 9. The maximum atomic E-state index is 11.1. The summed E-state index contributed by atoms with van der Waals surface area (Å²) in [4.78, 5) is 0. The fourth-order valence-electron chi connectivity index (χ4n) is 6.83. The molecule has 0 aromatic heterocycles.